The van der Waals surface area contributed by atoms with E-state index in [1.165, 1.54) is 12.1 Å². The van der Waals surface area contributed by atoms with Crippen LogP contribution in [0.2, 0.25) is 0 Å². The number of hydrogen-bond donors (Lipinski definition) is 7. The third kappa shape index (κ3) is 8.56. The zero-order valence-corrected chi connectivity index (χ0v) is 15.9. The second-order valence-corrected chi connectivity index (χ2v) is 6.54. The van der Waals surface area contributed by atoms with E-state index < -0.39 is 54.2 Å². The molecule has 0 bridgehead atoms. The van der Waals surface area contributed by atoms with Gasteiger partial charge >= 0.3 is 11.9 Å². The highest BCUT2D eigenvalue weighted by molar-refractivity contribution is 5.94. The molecule has 30 heavy (non-hydrogen) atoms. The van der Waals surface area contributed by atoms with Crippen molar-refractivity contribution in [1.29, 1.82) is 0 Å². The fraction of sp³-hybridized carbons (Fsp3) is 0.389. The van der Waals surface area contributed by atoms with E-state index in [4.69, 9.17) is 21.7 Å². The van der Waals surface area contributed by atoms with E-state index in [0.717, 1.165) is 0 Å². The first kappa shape index (κ1) is 24.4. The van der Waals surface area contributed by atoms with Crippen molar-refractivity contribution in [1.82, 2.24) is 10.6 Å². The molecule has 12 heteroatoms. The maximum atomic E-state index is 12.4. The van der Waals surface area contributed by atoms with Gasteiger partial charge in [0.25, 0.3) is 0 Å². The van der Waals surface area contributed by atoms with Crippen molar-refractivity contribution in [3.05, 3.63) is 29.8 Å². The van der Waals surface area contributed by atoms with Gasteiger partial charge in [-0.25, -0.2) is 4.79 Å². The second kappa shape index (κ2) is 11.4. The van der Waals surface area contributed by atoms with Gasteiger partial charge in [0.2, 0.25) is 17.7 Å². The molecule has 0 aliphatic heterocycles. The summed E-state index contributed by atoms with van der Waals surface area (Å²) in [5, 5.41) is 31.7. The van der Waals surface area contributed by atoms with Crippen molar-refractivity contribution in [3.8, 4) is 5.75 Å². The molecule has 0 unspecified atom stereocenters. The fourth-order valence-electron chi connectivity index (χ4n) is 2.46. The van der Waals surface area contributed by atoms with Crippen LogP contribution in [0.5, 0.6) is 5.75 Å². The first-order valence-corrected chi connectivity index (χ1v) is 8.86. The topological polar surface area (TPSA) is 222 Å². The lowest BCUT2D eigenvalue weighted by molar-refractivity contribution is -0.143. The summed E-state index contributed by atoms with van der Waals surface area (Å²) in [6, 6.07) is 1.67. The first-order chi connectivity index (χ1) is 14.0. The quantitative estimate of drug-likeness (QED) is 0.198. The second-order valence-electron chi connectivity index (χ2n) is 6.54. The van der Waals surface area contributed by atoms with E-state index in [0.29, 0.717) is 5.56 Å². The number of benzene rings is 1. The first-order valence-electron chi connectivity index (χ1n) is 8.86. The van der Waals surface area contributed by atoms with Gasteiger partial charge in [-0.2, -0.15) is 0 Å². The van der Waals surface area contributed by atoms with Crippen molar-refractivity contribution in [2.75, 3.05) is 0 Å². The average Bonchev–Trinajstić information content (AvgIpc) is 2.65. The molecule has 1 aromatic rings. The van der Waals surface area contributed by atoms with Crippen LogP contribution < -0.4 is 22.1 Å². The van der Waals surface area contributed by atoms with Gasteiger partial charge in [0.05, 0.1) is 12.5 Å². The van der Waals surface area contributed by atoms with Crippen molar-refractivity contribution in [3.63, 3.8) is 0 Å². The van der Waals surface area contributed by atoms with Crippen LogP contribution in [0, 0.1) is 0 Å². The van der Waals surface area contributed by atoms with Crippen molar-refractivity contribution >= 4 is 29.7 Å². The summed E-state index contributed by atoms with van der Waals surface area (Å²) in [5.74, 6) is -5.49. The van der Waals surface area contributed by atoms with E-state index in [1.54, 1.807) is 12.1 Å². The van der Waals surface area contributed by atoms with Gasteiger partial charge < -0.3 is 37.4 Å². The lowest BCUT2D eigenvalue weighted by atomic mass is 10.0. The predicted octanol–water partition coefficient (Wildman–Crippen LogP) is -1.94. The molecule has 0 spiro atoms. The van der Waals surface area contributed by atoms with E-state index in [2.05, 4.69) is 10.6 Å². The monoisotopic (exact) mass is 424 g/mol. The standard InChI is InChI=1S/C18H24N4O8/c19-11(7-9-1-3-10(23)4-2-9)16(27)22-13(8-15(25)26)17(28)21-12(18(29)30)5-6-14(20)24/h1-4,11-13,23H,5-8,19H2,(H2,20,24)(H,21,28)(H,22,27)(H,25,26)(H,29,30)/t11-,12-,13-/m0/s1. The molecule has 0 radical (unpaired) electrons. The number of aliphatic carboxylic acids is 2. The third-order valence-electron chi connectivity index (χ3n) is 4.03. The molecule has 164 valence electrons. The summed E-state index contributed by atoms with van der Waals surface area (Å²) in [6.07, 6.45) is -1.38. The summed E-state index contributed by atoms with van der Waals surface area (Å²) in [7, 11) is 0. The molecule has 3 amide bonds. The molecule has 9 N–H and O–H groups in total. The molecule has 0 saturated carbocycles. The Morgan fingerprint density at radius 1 is 0.933 bits per heavy atom. The number of amides is 3. The van der Waals surface area contributed by atoms with E-state index in [1.807, 2.05) is 0 Å². The van der Waals surface area contributed by atoms with E-state index in [-0.39, 0.29) is 25.0 Å². The number of carbonyl (C=O) groups excluding carboxylic acids is 3. The van der Waals surface area contributed by atoms with E-state index >= 15 is 0 Å². The Morgan fingerprint density at radius 3 is 2.00 bits per heavy atom. The Kier molecular flexibility index (Phi) is 9.23. The average molecular weight is 424 g/mol. The predicted molar refractivity (Wildman–Crippen MR) is 102 cm³/mol. The Bertz CT molecular complexity index is 796. The summed E-state index contributed by atoms with van der Waals surface area (Å²) in [4.78, 5) is 57.8. The van der Waals surface area contributed by atoms with Crippen LogP contribution in [-0.2, 0) is 30.4 Å². The molecule has 0 aliphatic carbocycles. The number of hydrogen-bond acceptors (Lipinski definition) is 7. The van der Waals surface area contributed by atoms with Gasteiger partial charge in [0.1, 0.15) is 17.8 Å². The SMILES string of the molecule is NC(=O)CC[C@H](NC(=O)[C@H](CC(=O)O)NC(=O)[C@@H](N)Cc1ccc(O)cc1)C(=O)O. The highest BCUT2D eigenvalue weighted by Gasteiger charge is 2.29. The van der Waals surface area contributed by atoms with Crippen LogP contribution in [0.4, 0.5) is 0 Å². The van der Waals surface area contributed by atoms with Gasteiger partial charge in [-0.1, -0.05) is 12.1 Å². The van der Waals surface area contributed by atoms with E-state index in [9.17, 15) is 29.1 Å². The van der Waals surface area contributed by atoms with Crippen LogP contribution in [0.1, 0.15) is 24.8 Å². The minimum Gasteiger partial charge on any atom is -0.508 e. The minimum absolute atomic E-state index is 0.0271. The molecule has 12 nitrogen and oxygen atoms in total. The highest BCUT2D eigenvalue weighted by atomic mass is 16.4. The number of phenols is 1. The van der Waals surface area contributed by atoms with Crippen LogP contribution in [0.3, 0.4) is 0 Å². The van der Waals surface area contributed by atoms with Crippen LogP contribution in [0.25, 0.3) is 0 Å². The lowest BCUT2D eigenvalue weighted by Crippen LogP contribution is -2.55. The Labute approximate surface area is 171 Å². The van der Waals surface area contributed by atoms with Crippen molar-refractivity contribution in [2.24, 2.45) is 11.5 Å². The zero-order valence-electron chi connectivity index (χ0n) is 15.9. The largest absolute Gasteiger partial charge is 0.508 e. The molecule has 1 aromatic carbocycles. The summed E-state index contributed by atoms with van der Waals surface area (Å²) >= 11 is 0. The molecule has 3 atom stereocenters. The smallest absolute Gasteiger partial charge is 0.326 e. The lowest BCUT2D eigenvalue weighted by Gasteiger charge is -2.22. The number of rotatable bonds is 12. The molecule has 1 rings (SSSR count). The van der Waals surface area contributed by atoms with Crippen LogP contribution in [-0.4, -0.2) is 63.1 Å². The summed E-state index contributed by atoms with van der Waals surface area (Å²) in [6.45, 7) is 0. The number of phenolic OH excluding ortho intramolecular Hbond substituents is 1. The Morgan fingerprint density at radius 2 is 1.50 bits per heavy atom. The Hall–Kier alpha value is -3.67. The molecule has 0 fully saturated rings. The number of nitrogens with two attached hydrogens (primary N) is 2. The van der Waals surface area contributed by atoms with Gasteiger partial charge in [-0.3, -0.25) is 19.2 Å². The number of primary amides is 1. The summed E-state index contributed by atoms with van der Waals surface area (Å²) in [5.41, 5.74) is 11.4. The Balaban J connectivity index is 2.80. The zero-order chi connectivity index (χ0) is 22.8. The van der Waals surface area contributed by atoms with Crippen LogP contribution >= 0.6 is 0 Å². The number of carboxylic acid groups (broad SMARTS) is 2. The molecular formula is C18H24N4O8. The van der Waals surface area contributed by atoms with Crippen molar-refractivity contribution in [2.45, 2.75) is 43.8 Å². The maximum Gasteiger partial charge on any atom is 0.326 e. The molecule has 0 aliphatic rings. The van der Waals surface area contributed by atoms with Crippen LogP contribution in [0.15, 0.2) is 24.3 Å². The third-order valence-corrected chi connectivity index (χ3v) is 4.03. The normalized spacial score (nSPS) is 13.5. The number of aromatic hydroxyl groups is 1. The maximum absolute atomic E-state index is 12.4. The number of carbonyl (C=O) groups is 5. The molecule has 0 heterocycles. The summed E-state index contributed by atoms with van der Waals surface area (Å²) < 4.78 is 0. The fourth-order valence-corrected chi connectivity index (χ4v) is 2.46. The number of carboxylic acids is 2. The number of nitrogens with one attached hydrogen (secondary N) is 2. The van der Waals surface area contributed by atoms with Gasteiger partial charge in [0, 0.05) is 6.42 Å². The van der Waals surface area contributed by atoms with Gasteiger partial charge in [-0.15, -0.1) is 0 Å². The van der Waals surface area contributed by atoms with Gasteiger partial charge in [-0.05, 0) is 30.5 Å². The molecule has 0 aromatic heterocycles. The van der Waals surface area contributed by atoms with Crippen molar-refractivity contribution < 1.29 is 39.3 Å². The molecule has 0 saturated heterocycles. The molecular weight excluding hydrogens is 400 g/mol. The highest BCUT2D eigenvalue weighted by Crippen LogP contribution is 2.11. The minimum atomic E-state index is -1.59. The van der Waals surface area contributed by atoms with Gasteiger partial charge in [0.15, 0.2) is 0 Å².